The van der Waals surface area contributed by atoms with Crippen LogP contribution in [0.15, 0.2) is 5.38 Å². The molecule has 0 bridgehead atoms. The highest BCUT2D eigenvalue weighted by Crippen LogP contribution is 2.52. The Bertz CT molecular complexity index is 663. The van der Waals surface area contributed by atoms with Crippen molar-refractivity contribution >= 4 is 28.4 Å². The highest BCUT2D eigenvalue weighted by Gasteiger charge is 2.65. The summed E-state index contributed by atoms with van der Waals surface area (Å²) >= 11 is 1.28. The third kappa shape index (κ3) is 3.37. The number of carbonyl (C=O) groups excluding carboxylic acids is 2. The summed E-state index contributed by atoms with van der Waals surface area (Å²) in [5.41, 5.74) is 4.04. The maximum Gasteiger partial charge on any atom is 0.324 e. The molecule has 0 unspecified atom stereocenters. The molecular formula is C17H24N2O5S. The number of aromatic nitrogens is 1. The molecule has 3 heterocycles. The normalized spacial score (nSPS) is 31.5. The number of rotatable bonds is 7. The molecule has 2 aliphatic rings. The third-order valence-corrected chi connectivity index (χ3v) is 5.52. The molecule has 0 aliphatic carbocycles. The lowest BCUT2D eigenvalue weighted by Crippen LogP contribution is -2.32. The lowest BCUT2D eigenvalue weighted by atomic mass is 9.78. The number of ether oxygens (including phenoxy) is 3. The van der Waals surface area contributed by atoms with Crippen molar-refractivity contribution in [1.82, 2.24) is 4.98 Å². The van der Waals surface area contributed by atoms with E-state index in [1.165, 1.54) is 11.3 Å². The largest absolute Gasteiger partial charge is 0.459 e. The first-order valence-corrected chi connectivity index (χ1v) is 9.51. The number of nitrogens with zero attached hydrogens (tertiary/aromatic N) is 1. The molecule has 2 saturated heterocycles. The fourth-order valence-electron chi connectivity index (χ4n) is 3.51. The van der Waals surface area contributed by atoms with Crippen molar-refractivity contribution in [1.29, 1.82) is 0 Å². The first-order valence-electron chi connectivity index (χ1n) is 8.63. The number of nitrogens with two attached hydrogens (primary N) is 1. The van der Waals surface area contributed by atoms with Gasteiger partial charge in [0.1, 0.15) is 6.10 Å². The Morgan fingerprint density at radius 2 is 2.20 bits per heavy atom. The third-order valence-electron chi connectivity index (χ3n) is 4.85. The average Bonchev–Trinajstić information content (AvgIpc) is 3.19. The molecule has 2 aliphatic heterocycles. The molecule has 1 spiro atoms. The fourth-order valence-corrected chi connectivity index (χ4v) is 4.20. The molecule has 0 amide bonds. The van der Waals surface area contributed by atoms with Gasteiger partial charge in [0.25, 0.3) is 0 Å². The van der Waals surface area contributed by atoms with E-state index >= 15 is 0 Å². The van der Waals surface area contributed by atoms with E-state index in [9.17, 15) is 9.59 Å². The second-order valence-corrected chi connectivity index (χ2v) is 7.85. The molecule has 2 fully saturated rings. The van der Waals surface area contributed by atoms with Gasteiger partial charge < -0.3 is 19.9 Å². The van der Waals surface area contributed by atoms with Crippen LogP contribution in [0.3, 0.4) is 0 Å². The van der Waals surface area contributed by atoms with Crippen LogP contribution in [0.1, 0.15) is 51.6 Å². The summed E-state index contributed by atoms with van der Waals surface area (Å²) in [7, 11) is 0. The van der Waals surface area contributed by atoms with Crippen LogP contribution in [-0.2, 0) is 29.4 Å². The number of anilines is 1. The van der Waals surface area contributed by atoms with E-state index in [1.54, 1.807) is 12.3 Å². The van der Waals surface area contributed by atoms with E-state index in [0.29, 0.717) is 24.0 Å². The topological polar surface area (TPSA) is 101 Å². The molecule has 1 aromatic heterocycles. The van der Waals surface area contributed by atoms with Crippen molar-refractivity contribution in [3.05, 3.63) is 11.1 Å². The molecule has 2 N–H and O–H groups in total. The van der Waals surface area contributed by atoms with E-state index in [4.69, 9.17) is 19.9 Å². The first kappa shape index (κ1) is 18.1. The number of nitrogen functional groups attached to an aromatic ring is 1. The highest BCUT2D eigenvalue weighted by atomic mass is 32.1. The van der Waals surface area contributed by atoms with Gasteiger partial charge in [0.2, 0.25) is 0 Å². The Hall–Kier alpha value is -1.67. The molecule has 1 aromatic rings. The van der Waals surface area contributed by atoms with Gasteiger partial charge in [-0.1, -0.05) is 19.8 Å². The fraction of sp³-hybridized carbons (Fsp3) is 0.706. The smallest absolute Gasteiger partial charge is 0.324 e. The van der Waals surface area contributed by atoms with Gasteiger partial charge in [0.05, 0.1) is 12.3 Å². The summed E-state index contributed by atoms with van der Waals surface area (Å²) in [6.07, 6.45) is 3.30. The van der Waals surface area contributed by atoms with Crippen LogP contribution in [0.25, 0.3) is 0 Å². The van der Waals surface area contributed by atoms with Gasteiger partial charge in [-0.25, -0.2) is 4.98 Å². The highest BCUT2D eigenvalue weighted by molar-refractivity contribution is 7.13. The van der Waals surface area contributed by atoms with Crippen LogP contribution in [0.5, 0.6) is 0 Å². The summed E-state index contributed by atoms with van der Waals surface area (Å²) < 4.78 is 16.6. The number of esters is 2. The lowest BCUT2D eigenvalue weighted by Gasteiger charge is -2.20. The maximum atomic E-state index is 12.5. The van der Waals surface area contributed by atoms with Crippen molar-refractivity contribution < 1.29 is 23.8 Å². The van der Waals surface area contributed by atoms with Gasteiger partial charge in [0.15, 0.2) is 16.1 Å². The summed E-state index contributed by atoms with van der Waals surface area (Å²) in [5, 5.41) is 2.16. The molecule has 25 heavy (non-hydrogen) atoms. The van der Waals surface area contributed by atoms with Crippen LogP contribution < -0.4 is 5.73 Å². The van der Waals surface area contributed by atoms with E-state index < -0.39 is 29.1 Å². The van der Waals surface area contributed by atoms with Crippen LogP contribution in [0.4, 0.5) is 5.13 Å². The van der Waals surface area contributed by atoms with Crippen molar-refractivity contribution in [2.45, 2.75) is 57.7 Å². The van der Waals surface area contributed by atoms with E-state index in [2.05, 4.69) is 11.9 Å². The summed E-state index contributed by atoms with van der Waals surface area (Å²) in [5.74, 6) is -1.06. The van der Waals surface area contributed by atoms with Crippen LogP contribution in [-0.4, -0.2) is 36.2 Å². The van der Waals surface area contributed by atoms with E-state index in [0.717, 1.165) is 19.3 Å². The summed E-state index contributed by atoms with van der Waals surface area (Å²) in [4.78, 5) is 29.2. The minimum absolute atomic E-state index is 0.215. The Kier molecular flexibility index (Phi) is 5.02. The van der Waals surface area contributed by atoms with Gasteiger partial charge in [-0.15, -0.1) is 11.3 Å². The number of hydrogen-bond acceptors (Lipinski definition) is 8. The van der Waals surface area contributed by atoms with Crippen molar-refractivity contribution in [2.24, 2.45) is 5.41 Å². The van der Waals surface area contributed by atoms with E-state index in [1.807, 2.05) is 0 Å². The molecule has 3 atom stereocenters. The van der Waals surface area contributed by atoms with Crippen molar-refractivity contribution in [2.75, 3.05) is 18.9 Å². The van der Waals surface area contributed by atoms with Gasteiger partial charge in [-0.2, -0.15) is 0 Å². The van der Waals surface area contributed by atoms with Crippen LogP contribution in [0, 0.1) is 5.41 Å². The molecule has 0 saturated carbocycles. The second kappa shape index (κ2) is 6.92. The zero-order chi connectivity index (χ0) is 18.1. The number of unbranched alkanes of at least 4 members (excludes halogenated alkanes) is 2. The van der Waals surface area contributed by atoms with Gasteiger partial charge in [-0.05, 0) is 13.3 Å². The zero-order valence-electron chi connectivity index (χ0n) is 14.6. The average molecular weight is 368 g/mol. The first-order chi connectivity index (χ1) is 11.9. The Morgan fingerprint density at radius 1 is 1.40 bits per heavy atom. The van der Waals surface area contributed by atoms with Gasteiger partial charge >= 0.3 is 11.9 Å². The lowest BCUT2D eigenvalue weighted by molar-refractivity contribution is -0.160. The summed E-state index contributed by atoms with van der Waals surface area (Å²) in [6, 6.07) is 0. The minimum Gasteiger partial charge on any atom is -0.459 e. The van der Waals surface area contributed by atoms with Crippen molar-refractivity contribution in [3.8, 4) is 0 Å². The molecule has 7 nitrogen and oxygen atoms in total. The van der Waals surface area contributed by atoms with Crippen LogP contribution >= 0.6 is 11.3 Å². The standard InChI is InChI=1S/C17H24N2O5S/c1-3-4-5-6-22-8-11-7-17(13(20)23-11)10-16(2,24-14(17)21)12-9-25-15(18)19-12/h9,11H,3-8,10H2,1-2H3,(H2,18,19)/t11-,16+,17+/m1/s1. The zero-order valence-corrected chi connectivity index (χ0v) is 15.4. The molecule has 3 rings (SSSR count). The number of hydrogen-bond donors (Lipinski definition) is 1. The quantitative estimate of drug-likeness (QED) is 0.448. The second-order valence-electron chi connectivity index (χ2n) is 6.96. The SMILES string of the molecule is CCCCCOC[C@H]1C[C@]2(C[C@@](C)(c3csc(N)n3)OC2=O)C(=O)O1. The Morgan fingerprint density at radius 3 is 2.88 bits per heavy atom. The Balaban J connectivity index is 1.65. The van der Waals surface area contributed by atoms with Gasteiger partial charge in [-0.3, -0.25) is 9.59 Å². The Labute approximate surface area is 150 Å². The van der Waals surface area contributed by atoms with Crippen LogP contribution in [0.2, 0.25) is 0 Å². The summed E-state index contributed by atoms with van der Waals surface area (Å²) in [6.45, 7) is 4.83. The monoisotopic (exact) mass is 368 g/mol. The number of carbonyl (C=O) groups is 2. The predicted octanol–water partition coefficient (Wildman–Crippen LogP) is 2.40. The van der Waals surface area contributed by atoms with Gasteiger partial charge in [0, 0.05) is 24.8 Å². The number of cyclic esters (lactones) is 2. The molecule has 8 heteroatoms. The molecule has 0 aromatic carbocycles. The molecule has 0 radical (unpaired) electrons. The minimum atomic E-state index is -1.26. The van der Waals surface area contributed by atoms with E-state index in [-0.39, 0.29) is 12.8 Å². The molecule has 138 valence electrons. The predicted molar refractivity (Wildman–Crippen MR) is 91.9 cm³/mol. The maximum absolute atomic E-state index is 12.5. The number of thiazole rings is 1. The molecular weight excluding hydrogens is 344 g/mol. The van der Waals surface area contributed by atoms with Crippen molar-refractivity contribution in [3.63, 3.8) is 0 Å².